The molecule has 0 spiro atoms. The van der Waals surface area contributed by atoms with E-state index in [9.17, 15) is 4.79 Å². The molecule has 0 unspecified atom stereocenters. The molecule has 0 aliphatic heterocycles. The third kappa shape index (κ3) is 4.66. The zero-order valence-corrected chi connectivity index (χ0v) is 14.4. The zero-order valence-electron chi connectivity index (χ0n) is 12.9. The highest BCUT2D eigenvalue weighted by atomic mass is 35.5. The van der Waals surface area contributed by atoms with Crippen LogP contribution in [0, 0.1) is 0 Å². The predicted molar refractivity (Wildman–Crippen MR) is 94.1 cm³/mol. The number of hydrogen-bond acceptors (Lipinski definition) is 5. The lowest BCUT2D eigenvalue weighted by Crippen LogP contribution is -2.25. The molecule has 0 bridgehead atoms. The first-order valence-electron chi connectivity index (χ1n) is 7.58. The summed E-state index contributed by atoms with van der Waals surface area (Å²) in [5.41, 5.74) is 1.10. The van der Waals surface area contributed by atoms with Gasteiger partial charge in [0.25, 0.3) is 5.89 Å². The summed E-state index contributed by atoms with van der Waals surface area (Å²) < 4.78 is 5.56. The fourth-order valence-corrected chi connectivity index (χ4v) is 3.06. The molecule has 0 radical (unpaired) electrons. The van der Waals surface area contributed by atoms with Crippen molar-refractivity contribution in [2.45, 2.75) is 19.3 Å². The van der Waals surface area contributed by atoms with Crippen molar-refractivity contribution in [2.75, 3.05) is 6.54 Å². The summed E-state index contributed by atoms with van der Waals surface area (Å²) in [5.74, 6) is 0.942. The number of benzene rings is 1. The molecular formula is C17H16ClN3O2S. The van der Waals surface area contributed by atoms with Crippen LogP contribution in [0.3, 0.4) is 0 Å². The Hall–Kier alpha value is -2.18. The third-order valence-corrected chi connectivity index (χ3v) is 4.48. The number of aromatic nitrogens is 2. The van der Waals surface area contributed by atoms with Crippen LogP contribution in [0.25, 0.3) is 10.8 Å². The summed E-state index contributed by atoms with van der Waals surface area (Å²) in [4.78, 5) is 12.8. The molecule has 1 N–H and O–H groups in total. The van der Waals surface area contributed by atoms with Gasteiger partial charge in [-0.3, -0.25) is 4.79 Å². The maximum atomic E-state index is 11.9. The lowest BCUT2D eigenvalue weighted by atomic mass is 10.1. The largest absolute Gasteiger partial charge is 0.420 e. The molecule has 0 saturated carbocycles. The molecule has 0 atom stereocenters. The molecule has 2 heterocycles. The summed E-state index contributed by atoms with van der Waals surface area (Å²) in [6.07, 6.45) is 1.50. The van der Waals surface area contributed by atoms with Gasteiger partial charge in [0.1, 0.15) is 0 Å². The van der Waals surface area contributed by atoms with E-state index in [1.807, 2.05) is 41.8 Å². The Morgan fingerprint density at radius 2 is 2.12 bits per heavy atom. The summed E-state index contributed by atoms with van der Waals surface area (Å²) in [5, 5.41) is 13.5. The van der Waals surface area contributed by atoms with Gasteiger partial charge in [0.2, 0.25) is 11.8 Å². The fraction of sp³-hybridized carbons (Fsp3) is 0.235. The molecule has 0 saturated heterocycles. The van der Waals surface area contributed by atoms with Crippen molar-refractivity contribution in [2.24, 2.45) is 0 Å². The molecule has 3 rings (SSSR count). The van der Waals surface area contributed by atoms with Crippen LogP contribution in [0.2, 0.25) is 5.02 Å². The van der Waals surface area contributed by atoms with Crippen molar-refractivity contribution >= 4 is 28.8 Å². The first kappa shape index (κ1) is 16.7. The molecule has 5 nitrogen and oxygen atoms in total. The quantitative estimate of drug-likeness (QED) is 0.696. The maximum Gasteiger partial charge on any atom is 0.257 e. The monoisotopic (exact) mass is 361 g/mol. The van der Waals surface area contributed by atoms with E-state index in [4.69, 9.17) is 16.0 Å². The van der Waals surface area contributed by atoms with E-state index in [0.29, 0.717) is 36.2 Å². The number of halogens is 1. The molecule has 0 aliphatic carbocycles. The normalized spacial score (nSPS) is 10.7. The second-order valence-electron chi connectivity index (χ2n) is 5.21. The molecule has 3 aromatic rings. The maximum absolute atomic E-state index is 11.9. The summed E-state index contributed by atoms with van der Waals surface area (Å²) >= 11 is 7.47. The number of hydrogen-bond donors (Lipinski definition) is 1. The van der Waals surface area contributed by atoms with Crippen LogP contribution in [0.15, 0.2) is 46.2 Å². The molecule has 1 amide bonds. The van der Waals surface area contributed by atoms with Crippen LogP contribution >= 0.6 is 22.9 Å². The predicted octanol–water partition coefficient (Wildman–Crippen LogP) is 3.74. The highest BCUT2D eigenvalue weighted by molar-refractivity contribution is 7.13. The highest BCUT2D eigenvalue weighted by Gasteiger charge is 2.11. The van der Waals surface area contributed by atoms with Gasteiger partial charge in [0.05, 0.1) is 4.88 Å². The van der Waals surface area contributed by atoms with E-state index in [-0.39, 0.29) is 5.91 Å². The lowest BCUT2D eigenvalue weighted by Gasteiger charge is -2.04. The number of nitrogens with one attached hydrogen (secondary N) is 1. The minimum Gasteiger partial charge on any atom is -0.420 e. The average Bonchev–Trinajstić information content (AvgIpc) is 3.24. The van der Waals surface area contributed by atoms with Crippen molar-refractivity contribution in [1.29, 1.82) is 0 Å². The van der Waals surface area contributed by atoms with Crippen LogP contribution < -0.4 is 5.32 Å². The molecule has 2 aromatic heterocycles. The average molecular weight is 362 g/mol. The first-order chi connectivity index (χ1) is 11.7. The second kappa shape index (κ2) is 8.08. The molecular weight excluding hydrogens is 346 g/mol. The van der Waals surface area contributed by atoms with Crippen LogP contribution in [0.1, 0.15) is 17.9 Å². The minimum atomic E-state index is -0.0344. The minimum absolute atomic E-state index is 0.0344. The van der Waals surface area contributed by atoms with Gasteiger partial charge in [-0.1, -0.05) is 29.8 Å². The Labute approximate surface area is 148 Å². The van der Waals surface area contributed by atoms with Crippen molar-refractivity contribution in [1.82, 2.24) is 15.5 Å². The van der Waals surface area contributed by atoms with Gasteiger partial charge in [-0.25, -0.2) is 0 Å². The first-order valence-corrected chi connectivity index (χ1v) is 8.84. The van der Waals surface area contributed by atoms with Crippen LogP contribution in [-0.4, -0.2) is 22.6 Å². The Kier molecular flexibility index (Phi) is 5.61. The van der Waals surface area contributed by atoms with E-state index in [1.54, 1.807) is 0 Å². The molecule has 0 fully saturated rings. The molecule has 124 valence electrons. The van der Waals surface area contributed by atoms with Gasteiger partial charge >= 0.3 is 0 Å². The topological polar surface area (TPSA) is 68.0 Å². The molecule has 1 aromatic carbocycles. The summed E-state index contributed by atoms with van der Waals surface area (Å²) in [7, 11) is 0. The molecule has 24 heavy (non-hydrogen) atoms. The SMILES string of the molecule is O=C(CCc1nnc(-c2cccs2)o1)NCCc1cccc(Cl)c1. The van der Waals surface area contributed by atoms with Crippen LogP contribution in [0.5, 0.6) is 0 Å². The van der Waals surface area contributed by atoms with E-state index in [0.717, 1.165) is 16.9 Å². The van der Waals surface area contributed by atoms with Crippen LogP contribution in [-0.2, 0) is 17.6 Å². The Morgan fingerprint density at radius 1 is 1.21 bits per heavy atom. The van der Waals surface area contributed by atoms with Crippen molar-refractivity contribution in [3.8, 4) is 10.8 Å². The number of carbonyl (C=O) groups excluding carboxylic acids is 1. The zero-order chi connectivity index (χ0) is 16.8. The third-order valence-electron chi connectivity index (χ3n) is 3.39. The van der Waals surface area contributed by atoms with Crippen molar-refractivity contribution in [3.63, 3.8) is 0 Å². The number of aryl methyl sites for hydroxylation is 1. The number of thiophene rings is 1. The van der Waals surface area contributed by atoms with Crippen molar-refractivity contribution in [3.05, 3.63) is 58.3 Å². The van der Waals surface area contributed by atoms with E-state index in [1.165, 1.54) is 11.3 Å². The van der Waals surface area contributed by atoms with E-state index < -0.39 is 0 Å². The number of rotatable bonds is 7. The van der Waals surface area contributed by atoms with E-state index >= 15 is 0 Å². The van der Waals surface area contributed by atoms with Gasteiger partial charge in [-0.2, -0.15) is 0 Å². The van der Waals surface area contributed by atoms with Gasteiger partial charge in [0, 0.05) is 24.4 Å². The van der Waals surface area contributed by atoms with Gasteiger partial charge in [0.15, 0.2) is 0 Å². The van der Waals surface area contributed by atoms with Gasteiger partial charge in [-0.15, -0.1) is 21.5 Å². The van der Waals surface area contributed by atoms with Gasteiger partial charge < -0.3 is 9.73 Å². The Morgan fingerprint density at radius 3 is 2.92 bits per heavy atom. The molecule has 0 aliphatic rings. The molecule has 7 heteroatoms. The smallest absolute Gasteiger partial charge is 0.257 e. The standard InChI is InChI=1S/C17H16ClN3O2S/c18-13-4-1-3-12(11-13)8-9-19-15(22)6-7-16-20-21-17(23-16)14-5-2-10-24-14/h1-5,10-11H,6-9H2,(H,19,22). The number of nitrogens with zero attached hydrogens (tertiary/aromatic N) is 2. The van der Waals surface area contributed by atoms with E-state index in [2.05, 4.69) is 15.5 Å². The Bertz CT molecular complexity index is 802. The Balaban J connectivity index is 1.41. The number of carbonyl (C=O) groups is 1. The summed E-state index contributed by atoms with van der Waals surface area (Å²) in [6.45, 7) is 0.573. The number of amides is 1. The summed E-state index contributed by atoms with van der Waals surface area (Å²) in [6, 6.07) is 11.5. The van der Waals surface area contributed by atoms with Crippen molar-refractivity contribution < 1.29 is 9.21 Å². The highest BCUT2D eigenvalue weighted by Crippen LogP contribution is 2.23. The fourth-order valence-electron chi connectivity index (χ4n) is 2.20. The van der Waals surface area contributed by atoms with Crippen LogP contribution in [0.4, 0.5) is 0 Å². The second-order valence-corrected chi connectivity index (χ2v) is 6.59. The lowest BCUT2D eigenvalue weighted by molar-refractivity contribution is -0.121. The van der Waals surface area contributed by atoms with Gasteiger partial charge in [-0.05, 0) is 35.6 Å².